The molecular weight excluding hydrogens is 274 g/mol. The molecule has 0 bridgehead atoms. The fourth-order valence-electron chi connectivity index (χ4n) is 2.65. The topological polar surface area (TPSA) is 46.1 Å². The predicted molar refractivity (Wildman–Crippen MR) is 82.4 cm³/mol. The van der Waals surface area contributed by atoms with Gasteiger partial charge >= 0.3 is 0 Å². The lowest BCUT2D eigenvalue weighted by Gasteiger charge is -2.34. The summed E-state index contributed by atoms with van der Waals surface area (Å²) in [5, 5.41) is 7.03. The molecule has 2 heterocycles. The smallest absolute Gasteiger partial charge is 0.267 e. The molecule has 2 rings (SSSR count). The van der Waals surface area contributed by atoms with E-state index in [0.29, 0.717) is 17.3 Å². The highest BCUT2D eigenvalue weighted by Gasteiger charge is 2.27. The molecule has 1 amide bonds. The number of nitrogens with zero attached hydrogens (tertiary/aromatic N) is 1. The molecule has 1 saturated heterocycles. The van der Waals surface area contributed by atoms with Gasteiger partial charge in [0.25, 0.3) is 5.91 Å². The van der Waals surface area contributed by atoms with Gasteiger partial charge in [0.15, 0.2) is 0 Å². The Balaban J connectivity index is 2.01. The number of amides is 1. The number of rotatable bonds is 4. The number of hydrogen-bond donors (Lipinski definition) is 2. The van der Waals surface area contributed by atoms with Crippen LogP contribution in [0.3, 0.4) is 0 Å². The normalized spacial score (nSPS) is 18.2. The van der Waals surface area contributed by atoms with Crippen molar-refractivity contribution in [3.05, 3.63) is 23.0 Å². The Morgan fingerprint density at radius 2 is 2.15 bits per heavy atom. The first-order valence-electron chi connectivity index (χ1n) is 7.28. The van der Waals surface area contributed by atoms with E-state index in [4.69, 9.17) is 11.6 Å². The summed E-state index contributed by atoms with van der Waals surface area (Å²) in [4.78, 5) is 12.4. The number of nitrogens with one attached hydrogen (secondary N) is 2. The number of carbonyl (C=O) groups excluding carboxylic acids is 1. The molecule has 0 unspecified atom stereocenters. The quantitative estimate of drug-likeness (QED) is 0.898. The number of hydrogen-bond acceptors (Lipinski definition) is 2. The molecule has 112 valence electrons. The Morgan fingerprint density at radius 1 is 1.50 bits per heavy atom. The van der Waals surface area contributed by atoms with Crippen molar-refractivity contribution in [1.29, 1.82) is 0 Å². The van der Waals surface area contributed by atoms with Gasteiger partial charge < -0.3 is 15.2 Å². The average Bonchev–Trinajstić information content (AvgIpc) is 2.79. The second-order valence-corrected chi connectivity index (χ2v) is 6.72. The minimum absolute atomic E-state index is 0.0367. The van der Waals surface area contributed by atoms with Crippen molar-refractivity contribution in [2.75, 3.05) is 19.6 Å². The zero-order valence-corrected chi connectivity index (χ0v) is 13.3. The third-order valence-corrected chi connectivity index (χ3v) is 4.30. The molecule has 0 aliphatic carbocycles. The van der Waals surface area contributed by atoms with Gasteiger partial charge in [-0.05, 0) is 51.3 Å². The third-order valence-electron chi connectivity index (χ3n) is 4.09. The summed E-state index contributed by atoms with van der Waals surface area (Å²) < 4.78 is 1.92. The van der Waals surface area contributed by atoms with E-state index in [1.165, 1.54) is 0 Å². The van der Waals surface area contributed by atoms with Crippen molar-refractivity contribution in [2.45, 2.75) is 39.7 Å². The largest absolute Gasteiger partial charge is 0.350 e. The van der Waals surface area contributed by atoms with Gasteiger partial charge in [-0.25, -0.2) is 0 Å². The fourth-order valence-corrected chi connectivity index (χ4v) is 2.85. The van der Waals surface area contributed by atoms with Gasteiger partial charge in [0.05, 0.1) is 5.02 Å². The number of aromatic nitrogens is 1. The van der Waals surface area contributed by atoms with Crippen molar-refractivity contribution in [3.63, 3.8) is 0 Å². The second kappa shape index (κ2) is 6.19. The summed E-state index contributed by atoms with van der Waals surface area (Å²) in [7, 11) is 0. The molecule has 0 radical (unpaired) electrons. The lowest BCUT2D eigenvalue weighted by molar-refractivity contribution is 0.0911. The van der Waals surface area contributed by atoms with E-state index in [2.05, 4.69) is 17.6 Å². The van der Waals surface area contributed by atoms with Crippen LogP contribution in [0, 0.1) is 5.41 Å². The van der Waals surface area contributed by atoms with Gasteiger partial charge in [0.2, 0.25) is 0 Å². The fraction of sp³-hybridized carbons (Fsp3) is 0.667. The minimum atomic E-state index is -0.0367. The maximum Gasteiger partial charge on any atom is 0.267 e. The Hall–Kier alpha value is -1.00. The molecule has 4 nitrogen and oxygen atoms in total. The molecule has 1 aromatic rings. The standard InChI is InChI=1S/C15H24ClN3O/c1-11(2)19-9-12(16)8-13(19)14(20)18-10-15(3)4-6-17-7-5-15/h8-9,11,17H,4-7,10H2,1-3H3,(H,18,20). The summed E-state index contributed by atoms with van der Waals surface area (Å²) >= 11 is 6.02. The van der Waals surface area contributed by atoms with Crippen molar-refractivity contribution in [1.82, 2.24) is 15.2 Å². The Kier molecular flexibility index (Phi) is 4.76. The molecule has 1 aromatic heterocycles. The first kappa shape index (κ1) is 15.4. The van der Waals surface area contributed by atoms with Crippen LogP contribution in [0.15, 0.2) is 12.3 Å². The first-order valence-corrected chi connectivity index (χ1v) is 7.65. The van der Waals surface area contributed by atoms with Gasteiger partial charge in [0.1, 0.15) is 5.69 Å². The van der Waals surface area contributed by atoms with E-state index in [1.807, 2.05) is 24.6 Å². The van der Waals surface area contributed by atoms with Gasteiger partial charge in [-0.1, -0.05) is 18.5 Å². The second-order valence-electron chi connectivity index (χ2n) is 6.29. The number of piperidine rings is 1. The zero-order chi connectivity index (χ0) is 14.8. The number of carbonyl (C=O) groups is 1. The minimum Gasteiger partial charge on any atom is -0.350 e. The van der Waals surface area contributed by atoms with Crippen molar-refractivity contribution in [3.8, 4) is 0 Å². The van der Waals surface area contributed by atoms with Gasteiger partial charge in [-0.15, -0.1) is 0 Å². The van der Waals surface area contributed by atoms with Gasteiger partial charge in [0, 0.05) is 18.8 Å². The lowest BCUT2D eigenvalue weighted by atomic mass is 9.81. The Bertz CT molecular complexity index is 475. The van der Waals surface area contributed by atoms with Crippen molar-refractivity contribution in [2.24, 2.45) is 5.41 Å². The molecule has 1 fully saturated rings. The Labute approximate surface area is 125 Å². The van der Waals surface area contributed by atoms with Crippen LogP contribution in [0.25, 0.3) is 0 Å². The van der Waals surface area contributed by atoms with Crippen LogP contribution in [-0.4, -0.2) is 30.1 Å². The van der Waals surface area contributed by atoms with Gasteiger partial charge in [-0.2, -0.15) is 0 Å². The van der Waals surface area contributed by atoms with Crippen LogP contribution in [0.4, 0.5) is 0 Å². The highest BCUT2D eigenvalue weighted by Crippen LogP contribution is 2.27. The molecule has 0 saturated carbocycles. The van der Waals surface area contributed by atoms with E-state index in [0.717, 1.165) is 25.9 Å². The van der Waals surface area contributed by atoms with Crippen LogP contribution >= 0.6 is 11.6 Å². The first-order chi connectivity index (χ1) is 9.41. The van der Waals surface area contributed by atoms with Crippen LogP contribution in [0.2, 0.25) is 5.02 Å². The molecular formula is C15H24ClN3O. The van der Waals surface area contributed by atoms with Crippen molar-refractivity contribution < 1.29 is 4.79 Å². The summed E-state index contributed by atoms with van der Waals surface area (Å²) in [6.07, 6.45) is 4.01. The lowest BCUT2D eigenvalue weighted by Crippen LogP contribution is -2.43. The Morgan fingerprint density at radius 3 is 2.75 bits per heavy atom. The summed E-state index contributed by atoms with van der Waals surface area (Å²) in [5.74, 6) is -0.0367. The molecule has 1 aliphatic rings. The SMILES string of the molecule is CC(C)n1cc(Cl)cc1C(=O)NCC1(C)CCNCC1. The van der Waals surface area contributed by atoms with E-state index >= 15 is 0 Å². The highest BCUT2D eigenvalue weighted by atomic mass is 35.5. The number of halogens is 1. The monoisotopic (exact) mass is 297 g/mol. The summed E-state index contributed by atoms with van der Waals surface area (Å²) in [5.41, 5.74) is 0.836. The van der Waals surface area contributed by atoms with Crippen LogP contribution in [0.5, 0.6) is 0 Å². The molecule has 20 heavy (non-hydrogen) atoms. The molecule has 5 heteroatoms. The van der Waals surface area contributed by atoms with Gasteiger partial charge in [-0.3, -0.25) is 4.79 Å². The van der Waals surface area contributed by atoms with Crippen LogP contribution in [0.1, 0.15) is 50.1 Å². The molecule has 0 atom stereocenters. The zero-order valence-electron chi connectivity index (χ0n) is 12.5. The maximum absolute atomic E-state index is 12.4. The van der Waals surface area contributed by atoms with E-state index < -0.39 is 0 Å². The molecule has 0 aromatic carbocycles. The van der Waals surface area contributed by atoms with Crippen molar-refractivity contribution >= 4 is 17.5 Å². The average molecular weight is 298 g/mol. The van der Waals surface area contributed by atoms with Crippen LogP contribution in [-0.2, 0) is 0 Å². The molecule has 0 spiro atoms. The summed E-state index contributed by atoms with van der Waals surface area (Å²) in [6.45, 7) is 9.10. The molecule has 1 aliphatic heterocycles. The molecule has 2 N–H and O–H groups in total. The summed E-state index contributed by atoms with van der Waals surface area (Å²) in [6, 6.07) is 1.96. The predicted octanol–water partition coefficient (Wildman–Crippen LogP) is 2.84. The van der Waals surface area contributed by atoms with E-state index in [1.54, 1.807) is 6.07 Å². The van der Waals surface area contributed by atoms with E-state index in [9.17, 15) is 4.79 Å². The van der Waals surface area contributed by atoms with Crippen LogP contribution < -0.4 is 10.6 Å². The maximum atomic E-state index is 12.4. The van der Waals surface area contributed by atoms with E-state index in [-0.39, 0.29) is 17.4 Å². The third kappa shape index (κ3) is 3.55. The highest BCUT2D eigenvalue weighted by molar-refractivity contribution is 6.31.